The highest BCUT2D eigenvalue weighted by Crippen LogP contribution is 2.21. The lowest BCUT2D eigenvalue weighted by molar-refractivity contribution is 0.601. The molecule has 0 atom stereocenters. The van der Waals surface area contributed by atoms with E-state index >= 15 is 0 Å². The van der Waals surface area contributed by atoms with Crippen LogP contribution in [0.3, 0.4) is 0 Å². The van der Waals surface area contributed by atoms with Crippen molar-refractivity contribution in [1.29, 1.82) is 0 Å². The van der Waals surface area contributed by atoms with Gasteiger partial charge in [-0.25, -0.2) is 13.4 Å². The van der Waals surface area contributed by atoms with Crippen LogP contribution in [0.4, 0.5) is 5.69 Å². The van der Waals surface area contributed by atoms with Crippen LogP contribution in [0, 0.1) is 13.8 Å². The Morgan fingerprint density at radius 3 is 2.33 bits per heavy atom. The molecule has 3 aromatic rings. The lowest BCUT2D eigenvalue weighted by atomic mass is 10.0. The number of imidazole rings is 1. The lowest BCUT2D eigenvalue weighted by Gasteiger charge is -2.10. The van der Waals surface area contributed by atoms with Crippen molar-refractivity contribution in [2.45, 2.75) is 38.5 Å². The van der Waals surface area contributed by atoms with Gasteiger partial charge in [-0.1, -0.05) is 26.0 Å². The zero-order valence-corrected chi connectivity index (χ0v) is 15.1. The predicted octanol–water partition coefficient (Wildman–Crippen LogP) is 3.88. The van der Waals surface area contributed by atoms with Gasteiger partial charge in [0.05, 0.1) is 16.3 Å². The van der Waals surface area contributed by atoms with E-state index in [-0.39, 0.29) is 4.90 Å². The zero-order valence-electron chi connectivity index (χ0n) is 14.2. The van der Waals surface area contributed by atoms with Crippen LogP contribution in [0.15, 0.2) is 47.5 Å². The maximum atomic E-state index is 12.6. The summed E-state index contributed by atoms with van der Waals surface area (Å²) >= 11 is 0. The molecule has 0 unspecified atom stereocenters. The van der Waals surface area contributed by atoms with E-state index in [0.717, 1.165) is 22.6 Å². The third-order valence-electron chi connectivity index (χ3n) is 4.20. The average Bonchev–Trinajstić information content (AvgIpc) is 2.82. The highest BCUT2D eigenvalue weighted by molar-refractivity contribution is 7.92. The minimum absolute atomic E-state index is 0.255. The topological polar surface area (TPSA) is 63.5 Å². The van der Waals surface area contributed by atoms with Gasteiger partial charge < -0.3 is 4.40 Å². The normalized spacial score (nSPS) is 12.0. The Balaban J connectivity index is 1.92. The Bertz CT molecular complexity index is 987. The van der Waals surface area contributed by atoms with Crippen molar-refractivity contribution in [3.8, 4) is 0 Å². The number of sulfonamides is 1. The van der Waals surface area contributed by atoms with E-state index in [1.54, 1.807) is 30.5 Å². The van der Waals surface area contributed by atoms with Gasteiger partial charge in [0.1, 0.15) is 5.65 Å². The smallest absolute Gasteiger partial charge is 0.261 e. The number of pyridine rings is 1. The first-order valence-corrected chi connectivity index (χ1v) is 9.34. The first kappa shape index (κ1) is 16.5. The number of nitrogens with one attached hydrogen (secondary N) is 1. The van der Waals surface area contributed by atoms with Gasteiger partial charge in [0.25, 0.3) is 10.0 Å². The number of anilines is 1. The number of benzene rings is 1. The molecule has 5 nitrogen and oxygen atoms in total. The standard InChI is InChI=1S/C18H21N3O2S/c1-12(2)15-5-8-17(9-6-15)24(22,23)20-16-7-10-18-19-13(3)14(4)21(18)11-16/h5-12,20H,1-4H3. The Morgan fingerprint density at radius 1 is 1.04 bits per heavy atom. The van der Waals surface area contributed by atoms with E-state index < -0.39 is 10.0 Å². The quantitative estimate of drug-likeness (QED) is 0.782. The van der Waals surface area contributed by atoms with E-state index in [0.29, 0.717) is 11.6 Å². The Morgan fingerprint density at radius 2 is 1.71 bits per heavy atom. The van der Waals surface area contributed by atoms with Gasteiger partial charge in [-0.2, -0.15) is 0 Å². The zero-order chi connectivity index (χ0) is 17.5. The molecule has 0 saturated heterocycles. The molecular formula is C18H21N3O2S. The maximum absolute atomic E-state index is 12.6. The molecule has 0 aliphatic heterocycles. The largest absolute Gasteiger partial charge is 0.302 e. The first-order valence-electron chi connectivity index (χ1n) is 7.86. The number of aryl methyl sites for hydroxylation is 2. The van der Waals surface area contributed by atoms with E-state index in [1.165, 1.54) is 0 Å². The molecule has 0 spiro atoms. The van der Waals surface area contributed by atoms with Crippen LogP contribution in [-0.2, 0) is 10.0 Å². The summed E-state index contributed by atoms with van der Waals surface area (Å²) in [6.45, 7) is 8.04. The third-order valence-corrected chi connectivity index (χ3v) is 5.60. The van der Waals surface area contributed by atoms with Crippen LogP contribution in [-0.4, -0.2) is 17.8 Å². The van der Waals surface area contributed by atoms with Crippen molar-refractivity contribution in [3.63, 3.8) is 0 Å². The fourth-order valence-electron chi connectivity index (χ4n) is 2.59. The lowest BCUT2D eigenvalue weighted by Crippen LogP contribution is -2.13. The summed E-state index contributed by atoms with van der Waals surface area (Å²) in [6.07, 6.45) is 1.75. The van der Waals surface area contributed by atoms with Gasteiger partial charge in [0, 0.05) is 11.9 Å². The summed E-state index contributed by atoms with van der Waals surface area (Å²) in [4.78, 5) is 4.68. The summed E-state index contributed by atoms with van der Waals surface area (Å²) in [7, 11) is -3.61. The molecule has 2 aromatic heterocycles. The molecule has 6 heteroatoms. The summed E-state index contributed by atoms with van der Waals surface area (Å²) < 4.78 is 29.7. The molecule has 0 fully saturated rings. The van der Waals surface area contributed by atoms with Crippen LogP contribution >= 0.6 is 0 Å². The predicted molar refractivity (Wildman–Crippen MR) is 96.0 cm³/mol. The molecule has 0 bridgehead atoms. The minimum atomic E-state index is -3.61. The highest BCUT2D eigenvalue weighted by Gasteiger charge is 2.15. The number of nitrogens with zero attached hydrogens (tertiary/aromatic N) is 2. The van der Waals surface area contributed by atoms with E-state index in [4.69, 9.17) is 0 Å². The van der Waals surface area contributed by atoms with Gasteiger partial charge in [0.15, 0.2) is 0 Å². The number of fused-ring (bicyclic) bond motifs is 1. The second kappa shape index (κ2) is 5.94. The summed E-state index contributed by atoms with van der Waals surface area (Å²) in [5, 5.41) is 0. The van der Waals surface area contributed by atoms with Crippen LogP contribution in [0.1, 0.15) is 36.7 Å². The molecular weight excluding hydrogens is 322 g/mol. The molecule has 1 aromatic carbocycles. The van der Waals surface area contributed by atoms with Crippen LogP contribution in [0.2, 0.25) is 0 Å². The Kier molecular flexibility index (Phi) is 4.09. The second-order valence-electron chi connectivity index (χ2n) is 6.26. The number of hydrogen-bond acceptors (Lipinski definition) is 3. The molecule has 2 heterocycles. The van der Waals surface area contributed by atoms with Gasteiger partial charge >= 0.3 is 0 Å². The monoisotopic (exact) mass is 343 g/mol. The summed E-state index contributed by atoms with van der Waals surface area (Å²) in [6, 6.07) is 10.5. The van der Waals surface area contributed by atoms with Crippen molar-refractivity contribution >= 4 is 21.4 Å². The van der Waals surface area contributed by atoms with Crippen molar-refractivity contribution in [2.24, 2.45) is 0 Å². The number of rotatable bonds is 4. The van der Waals surface area contributed by atoms with Gasteiger partial charge in [0.2, 0.25) is 0 Å². The molecule has 0 aliphatic rings. The maximum Gasteiger partial charge on any atom is 0.261 e. The molecule has 0 amide bonds. The molecule has 0 saturated carbocycles. The molecule has 0 aliphatic carbocycles. The van der Waals surface area contributed by atoms with E-state index in [2.05, 4.69) is 23.6 Å². The van der Waals surface area contributed by atoms with Gasteiger partial charge in [-0.3, -0.25) is 4.72 Å². The fraction of sp³-hybridized carbons (Fsp3) is 0.278. The van der Waals surface area contributed by atoms with E-state index in [9.17, 15) is 8.42 Å². The first-order chi connectivity index (χ1) is 11.3. The third kappa shape index (κ3) is 3.01. The van der Waals surface area contributed by atoms with Gasteiger partial charge in [-0.05, 0) is 49.6 Å². The van der Waals surface area contributed by atoms with E-state index in [1.807, 2.05) is 30.4 Å². The number of hydrogen-bond donors (Lipinski definition) is 1. The van der Waals surface area contributed by atoms with Gasteiger partial charge in [-0.15, -0.1) is 0 Å². The van der Waals surface area contributed by atoms with Crippen LogP contribution in [0.25, 0.3) is 5.65 Å². The average molecular weight is 343 g/mol. The van der Waals surface area contributed by atoms with Crippen molar-refractivity contribution < 1.29 is 8.42 Å². The molecule has 126 valence electrons. The summed E-state index contributed by atoms with van der Waals surface area (Å²) in [5.41, 5.74) is 4.34. The fourth-order valence-corrected chi connectivity index (χ4v) is 3.63. The molecule has 0 radical (unpaired) electrons. The second-order valence-corrected chi connectivity index (χ2v) is 7.94. The highest BCUT2D eigenvalue weighted by atomic mass is 32.2. The van der Waals surface area contributed by atoms with Crippen LogP contribution in [0.5, 0.6) is 0 Å². The van der Waals surface area contributed by atoms with Crippen molar-refractivity contribution in [2.75, 3.05) is 4.72 Å². The van der Waals surface area contributed by atoms with Crippen molar-refractivity contribution in [3.05, 3.63) is 59.5 Å². The molecule has 1 N–H and O–H groups in total. The minimum Gasteiger partial charge on any atom is -0.302 e. The van der Waals surface area contributed by atoms with Crippen LogP contribution < -0.4 is 4.72 Å². The Labute approximate surface area is 142 Å². The van der Waals surface area contributed by atoms with Crippen molar-refractivity contribution in [1.82, 2.24) is 9.38 Å². The SMILES string of the molecule is Cc1nc2ccc(NS(=O)(=O)c3ccc(C(C)C)cc3)cn2c1C. The number of aromatic nitrogens is 2. The molecule has 24 heavy (non-hydrogen) atoms. The Hall–Kier alpha value is -2.34. The summed E-state index contributed by atoms with van der Waals surface area (Å²) in [5.74, 6) is 0.365. The molecule has 3 rings (SSSR count).